The Balaban J connectivity index is 2.03. The fourth-order valence-corrected chi connectivity index (χ4v) is 3.84. The highest BCUT2D eigenvalue weighted by molar-refractivity contribution is 6.46. The molecule has 0 spiro atoms. The van der Waals surface area contributed by atoms with Crippen molar-refractivity contribution in [1.82, 2.24) is 9.80 Å². The first-order valence-corrected chi connectivity index (χ1v) is 11.1. The van der Waals surface area contributed by atoms with E-state index in [-0.39, 0.29) is 11.3 Å². The Labute approximate surface area is 190 Å². The van der Waals surface area contributed by atoms with Gasteiger partial charge in [-0.15, -0.1) is 0 Å². The highest BCUT2D eigenvalue weighted by Gasteiger charge is 2.45. The van der Waals surface area contributed by atoms with Gasteiger partial charge in [0.2, 0.25) is 0 Å². The third-order valence-corrected chi connectivity index (χ3v) is 5.65. The van der Waals surface area contributed by atoms with Crippen molar-refractivity contribution in [2.45, 2.75) is 32.7 Å². The number of aliphatic hydroxyl groups is 1. The quantitative estimate of drug-likeness (QED) is 0.277. The smallest absolute Gasteiger partial charge is 0.295 e. The van der Waals surface area contributed by atoms with Crippen LogP contribution in [0.3, 0.4) is 0 Å². The van der Waals surface area contributed by atoms with Gasteiger partial charge in [-0.1, -0.05) is 43.7 Å². The summed E-state index contributed by atoms with van der Waals surface area (Å²) in [4.78, 5) is 29.5. The predicted molar refractivity (Wildman–Crippen MR) is 126 cm³/mol. The summed E-state index contributed by atoms with van der Waals surface area (Å²) in [5.41, 5.74) is 2.28. The number of hydrogen-bond acceptors (Lipinski definition) is 5. The van der Waals surface area contributed by atoms with Crippen molar-refractivity contribution in [2.24, 2.45) is 0 Å². The predicted octanol–water partition coefficient (Wildman–Crippen LogP) is 4.16. The molecule has 170 valence electrons. The van der Waals surface area contributed by atoms with Crippen molar-refractivity contribution >= 4 is 17.4 Å². The molecule has 6 heteroatoms. The van der Waals surface area contributed by atoms with Crippen LogP contribution in [0.4, 0.5) is 0 Å². The molecule has 0 aromatic heterocycles. The van der Waals surface area contributed by atoms with Crippen molar-refractivity contribution in [3.63, 3.8) is 0 Å². The average Bonchev–Trinajstić information content (AvgIpc) is 3.03. The van der Waals surface area contributed by atoms with E-state index in [0.717, 1.165) is 29.7 Å². The summed E-state index contributed by atoms with van der Waals surface area (Å²) >= 11 is 0. The fraction of sp³-hybridized carbons (Fsp3) is 0.385. The van der Waals surface area contributed by atoms with E-state index in [0.29, 0.717) is 25.3 Å². The standard InChI is InChI=1S/C26H32N2O4/c1-5-6-16-32-21-13-12-20(17-18(21)2)24(29)22-23(19-10-8-7-9-11-19)28(15-14-27(3)4)26(31)25(22)30/h7-13,17,23,29H,5-6,14-16H2,1-4H3/t23-/m0/s1. The Hall–Kier alpha value is -3.12. The number of likely N-dealkylation sites (tertiary alicyclic amines) is 1. The van der Waals surface area contributed by atoms with Gasteiger partial charge in [0, 0.05) is 18.7 Å². The first-order valence-electron chi connectivity index (χ1n) is 11.1. The molecule has 1 aliphatic rings. The third-order valence-electron chi connectivity index (χ3n) is 5.65. The van der Waals surface area contributed by atoms with Crippen molar-refractivity contribution in [1.29, 1.82) is 0 Å². The molecule has 1 saturated heterocycles. The van der Waals surface area contributed by atoms with E-state index in [1.807, 2.05) is 56.3 Å². The maximum absolute atomic E-state index is 13.0. The van der Waals surface area contributed by atoms with Crippen LogP contribution in [0.1, 0.15) is 42.5 Å². The SMILES string of the molecule is CCCCOc1ccc(C(O)=C2C(=O)C(=O)N(CCN(C)C)[C@H]2c2ccccc2)cc1C. The zero-order valence-electron chi connectivity index (χ0n) is 19.3. The van der Waals surface area contributed by atoms with Gasteiger partial charge < -0.3 is 19.6 Å². The number of nitrogens with zero attached hydrogens (tertiary/aromatic N) is 2. The molecular formula is C26H32N2O4. The lowest BCUT2D eigenvalue weighted by Gasteiger charge is -2.26. The lowest BCUT2D eigenvalue weighted by atomic mass is 9.95. The van der Waals surface area contributed by atoms with Crippen LogP contribution in [0.25, 0.3) is 5.76 Å². The number of ketones is 1. The molecule has 1 N–H and O–H groups in total. The first kappa shape index (κ1) is 23.5. The van der Waals surface area contributed by atoms with E-state index >= 15 is 0 Å². The van der Waals surface area contributed by atoms with E-state index in [4.69, 9.17) is 4.74 Å². The molecule has 2 aromatic carbocycles. The molecule has 6 nitrogen and oxygen atoms in total. The van der Waals surface area contributed by atoms with Gasteiger partial charge in [-0.2, -0.15) is 0 Å². The number of amides is 1. The van der Waals surface area contributed by atoms with Gasteiger partial charge in [0.25, 0.3) is 11.7 Å². The molecule has 1 aliphatic heterocycles. The zero-order valence-corrected chi connectivity index (χ0v) is 19.3. The van der Waals surface area contributed by atoms with Gasteiger partial charge in [-0.3, -0.25) is 9.59 Å². The lowest BCUT2D eigenvalue weighted by molar-refractivity contribution is -0.140. The molecule has 1 fully saturated rings. The van der Waals surface area contributed by atoms with Gasteiger partial charge >= 0.3 is 0 Å². The van der Waals surface area contributed by atoms with Gasteiger partial charge in [0.1, 0.15) is 11.5 Å². The van der Waals surface area contributed by atoms with Crippen LogP contribution in [-0.2, 0) is 9.59 Å². The summed E-state index contributed by atoms with van der Waals surface area (Å²) in [6.45, 7) is 5.64. The second-order valence-corrected chi connectivity index (χ2v) is 8.39. The third kappa shape index (κ3) is 5.02. The zero-order chi connectivity index (χ0) is 23.3. The number of unbranched alkanes of at least 4 members (excludes halogenated alkanes) is 1. The average molecular weight is 437 g/mol. The minimum Gasteiger partial charge on any atom is -0.507 e. The molecule has 32 heavy (non-hydrogen) atoms. The van der Waals surface area contributed by atoms with Crippen LogP contribution >= 0.6 is 0 Å². The van der Waals surface area contributed by atoms with Crippen molar-refractivity contribution in [3.05, 3.63) is 70.8 Å². The number of rotatable bonds is 9. The minimum atomic E-state index is -0.656. The molecule has 0 aliphatic carbocycles. The van der Waals surface area contributed by atoms with Crippen LogP contribution in [0, 0.1) is 6.92 Å². The van der Waals surface area contributed by atoms with Gasteiger partial charge in [-0.25, -0.2) is 0 Å². The highest BCUT2D eigenvalue weighted by Crippen LogP contribution is 2.39. The molecule has 0 radical (unpaired) electrons. The topological polar surface area (TPSA) is 70.1 Å². The number of ether oxygens (including phenoxy) is 1. The van der Waals surface area contributed by atoms with Gasteiger partial charge in [0.15, 0.2) is 0 Å². The molecule has 3 rings (SSSR count). The first-order chi connectivity index (χ1) is 15.3. The number of carbonyl (C=O) groups is 2. The van der Waals surface area contributed by atoms with Crippen LogP contribution in [-0.4, -0.2) is 60.4 Å². The Kier molecular flexibility index (Phi) is 7.70. The molecule has 0 saturated carbocycles. The normalized spacial score (nSPS) is 17.9. The Morgan fingerprint density at radius 2 is 1.84 bits per heavy atom. The minimum absolute atomic E-state index is 0.124. The highest BCUT2D eigenvalue weighted by atomic mass is 16.5. The lowest BCUT2D eigenvalue weighted by Crippen LogP contribution is -2.35. The second kappa shape index (κ2) is 10.5. The van der Waals surface area contributed by atoms with Crippen LogP contribution in [0.5, 0.6) is 5.75 Å². The molecule has 2 aromatic rings. The fourth-order valence-electron chi connectivity index (χ4n) is 3.84. The maximum atomic E-state index is 13.0. The van der Waals surface area contributed by atoms with Gasteiger partial charge in [-0.05, 0) is 56.8 Å². The van der Waals surface area contributed by atoms with E-state index in [1.165, 1.54) is 0 Å². The van der Waals surface area contributed by atoms with E-state index in [1.54, 1.807) is 23.1 Å². The summed E-state index contributed by atoms with van der Waals surface area (Å²) in [5.74, 6) is -0.650. The molecule has 1 atom stereocenters. The monoisotopic (exact) mass is 436 g/mol. The number of Topliss-reactive ketones (excluding diaryl/α,β-unsaturated/α-hetero) is 1. The number of benzene rings is 2. The van der Waals surface area contributed by atoms with Crippen LogP contribution < -0.4 is 4.74 Å². The van der Waals surface area contributed by atoms with E-state index in [2.05, 4.69) is 6.92 Å². The molecule has 1 amide bonds. The number of aryl methyl sites for hydroxylation is 1. The molecule has 0 unspecified atom stereocenters. The largest absolute Gasteiger partial charge is 0.507 e. The summed E-state index contributed by atoms with van der Waals surface area (Å²) < 4.78 is 5.81. The van der Waals surface area contributed by atoms with Crippen molar-refractivity contribution < 1.29 is 19.4 Å². The van der Waals surface area contributed by atoms with E-state index < -0.39 is 17.7 Å². The van der Waals surface area contributed by atoms with Crippen molar-refractivity contribution in [3.8, 4) is 5.75 Å². The summed E-state index contributed by atoms with van der Waals surface area (Å²) in [6, 6.07) is 14.1. The Morgan fingerprint density at radius 3 is 2.47 bits per heavy atom. The maximum Gasteiger partial charge on any atom is 0.295 e. The summed E-state index contributed by atoms with van der Waals surface area (Å²) in [6.07, 6.45) is 2.01. The summed E-state index contributed by atoms with van der Waals surface area (Å²) in [7, 11) is 3.84. The summed E-state index contributed by atoms with van der Waals surface area (Å²) in [5, 5.41) is 11.2. The number of carbonyl (C=O) groups excluding carboxylic acids is 2. The Bertz CT molecular complexity index is 998. The van der Waals surface area contributed by atoms with Crippen molar-refractivity contribution in [2.75, 3.05) is 33.8 Å². The molecular weight excluding hydrogens is 404 g/mol. The number of likely N-dealkylation sites (N-methyl/N-ethyl adjacent to an activating group) is 1. The van der Waals surface area contributed by atoms with Crippen LogP contribution in [0.2, 0.25) is 0 Å². The van der Waals surface area contributed by atoms with Crippen LogP contribution in [0.15, 0.2) is 54.1 Å². The molecule has 1 heterocycles. The van der Waals surface area contributed by atoms with E-state index in [9.17, 15) is 14.7 Å². The second-order valence-electron chi connectivity index (χ2n) is 8.39. The van der Waals surface area contributed by atoms with Gasteiger partial charge in [0.05, 0.1) is 18.2 Å². The Morgan fingerprint density at radius 1 is 1.12 bits per heavy atom. The number of aliphatic hydroxyl groups excluding tert-OH is 1. The molecule has 0 bridgehead atoms. The number of hydrogen-bond donors (Lipinski definition) is 1.